The summed E-state index contributed by atoms with van der Waals surface area (Å²) in [7, 11) is 1.25. The lowest BCUT2D eigenvalue weighted by atomic mass is 10.1. The molecule has 1 rings (SSSR count). The number of hydrogen-bond donors (Lipinski definition) is 1. The number of carbonyl (C=O) groups excluding carboxylic acids is 2. The van der Waals surface area contributed by atoms with Gasteiger partial charge in [-0.25, -0.2) is 4.79 Å². The third kappa shape index (κ3) is 6.02. The number of benzene rings is 1. The molecule has 0 fully saturated rings. The first kappa shape index (κ1) is 19.7. The number of carbonyl (C=O) groups is 2. The molecule has 0 saturated carbocycles. The molecule has 0 heterocycles. The Kier molecular flexibility index (Phi) is 6.51. The second kappa shape index (κ2) is 7.94. The molecule has 0 aliphatic carbocycles. The van der Waals surface area contributed by atoms with E-state index in [0.717, 1.165) is 0 Å². The minimum Gasteiger partial charge on any atom is -0.493 e. The Labute approximate surface area is 139 Å². The predicted octanol–water partition coefficient (Wildman–Crippen LogP) is 2.76. The maximum absolute atomic E-state index is 12.3. The van der Waals surface area contributed by atoms with Crippen LogP contribution < -0.4 is 14.8 Å². The summed E-state index contributed by atoms with van der Waals surface area (Å²) in [5.74, 6) is -1.48. The van der Waals surface area contributed by atoms with Gasteiger partial charge in [0.25, 0.3) is 5.91 Å². The largest absolute Gasteiger partial charge is 0.493 e. The number of ether oxygens (including phenoxy) is 3. The maximum atomic E-state index is 12.3. The Balaban J connectivity index is 2.82. The highest BCUT2D eigenvalue weighted by Gasteiger charge is 2.23. The smallest absolute Gasteiger partial charge is 0.387 e. The highest BCUT2D eigenvalue weighted by molar-refractivity contribution is 5.93. The Morgan fingerprint density at radius 3 is 2.29 bits per heavy atom. The minimum absolute atomic E-state index is 0.0449. The molecule has 0 saturated heterocycles. The molecule has 1 N–H and O–H groups in total. The lowest BCUT2D eigenvalue weighted by molar-refractivity contribution is -0.130. The average Bonchev–Trinajstić information content (AvgIpc) is 2.45. The second-order valence-corrected chi connectivity index (χ2v) is 6.03. The third-order valence-corrected chi connectivity index (χ3v) is 2.77. The van der Waals surface area contributed by atoms with Gasteiger partial charge in [-0.2, -0.15) is 8.78 Å². The van der Waals surface area contributed by atoms with Gasteiger partial charge in [0.15, 0.2) is 17.6 Å². The van der Waals surface area contributed by atoms with Gasteiger partial charge in [-0.1, -0.05) is 0 Å². The summed E-state index contributed by atoms with van der Waals surface area (Å²) in [5, 5.41) is 2.68. The van der Waals surface area contributed by atoms with Crippen molar-refractivity contribution in [3.8, 4) is 11.5 Å². The fourth-order valence-electron chi connectivity index (χ4n) is 1.74. The SMILES string of the molecule is COc1cc(C(=O)O[C@H](C)C(=O)NC(C)(C)C)ccc1OC(F)F. The van der Waals surface area contributed by atoms with E-state index in [2.05, 4.69) is 10.1 Å². The van der Waals surface area contributed by atoms with Crippen LogP contribution in [0, 0.1) is 0 Å². The molecule has 0 aliphatic rings. The van der Waals surface area contributed by atoms with E-state index in [1.54, 1.807) is 20.8 Å². The van der Waals surface area contributed by atoms with E-state index in [-0.39, 0.29) is 17.1 Å². The summed E-state index contributed by atoms with van der Waals surface area (Å²) >= 11 is 0. The molecule has 0 aliphatic heterocycles. The first-order chi connectivity index (χ1) is 11.0. The lowest BCUT2D eigenvalue weighted by Crippen LogP contribution is -2.46. The standard InChI is InChI=1S/C16H21F2NO5/c1-9(13(20)19-16(2,3)4)23-14(21)10-6-7-11(24-15(17)18)12(8-10)22-5/h6-9,15H,1-5H3,(H,19,20)/t9-/m1/s1. The van der Waals surface area contributed by atoms with E-state index in [0.29, 0.717) is 0 Å². The predicted molar refractivity (Wildman–Crippen MR) is 82.4 cm³/mol. The summed E-state index contributed by atoms with van der Waals surface area (Å²) in [5.41, 5.74) is -0.418. The molecule has 0 aromatic heterocycles. The van der Waals surface area contributed by atoms with Crippen molar-refractivity contribution in [3.63, 3.8) is 0 Å². The molecular formula is C16H21F2NO5. The van der Waals surface area contributed by atoms with E-state index in [1.807, 2.05) is 0 Å². The topological polar surface area (TPSA) is 73.9 Å². The third-order valence-electron chi connectivity index (χ3n) is 2.77. The van der Waals surface area contributed by atoms with Crippen LogP contribution in [0.4, 0.5) is 8.78 Å². The molecule has 24 heavy (non-hydrogen) atoms. The number of alkyl halides is 2. The molecule has 1 amide bonds. The molecule has 1 aromatic carbocycles. The second-order valence-electron chi connectivity index (χ2n) is 6.03. The van der Waals surface area contributed by atoms with Crippen LogP contribution in [0.15, 0.2) is 18.2 Å². The Hall–Kier alpha value is -2.38. The van der Waals surface area contributed by atoms with Gasteiger partial charge in [-0.3, -0.25) is 4.79 Å². The summed E-state index contributed by atoms with van der Waals surface area (Å²) < 4.78 is 38.8. The van der Waals surface area contributed by atoms with Crippen molar-refractivity contribution in [2.45, 2.75) is 45.9 Å². The minimum atomic E-state index is -3.02. The zero-order chi connectivity index (χ0) is 18.5. The fourth-order valence-corrected chi connectivity index (χ4v) is 1.74. The number of rotatable bonds is 6. The van der Waals surface area contributed by atoms with Crippen molar-refractivity contribution in [1.29, 1.82) is 0 Å². The van der Waals surface area contributed by atoms with E-state index in [9.17, 15) is 18.4 Å². The molecule has 8 heteroatoms. The van der Waals surface area contributed by atoms with Crippen molar-refractivity contribution in [2.24, 2.45) is 0 Å². The van der Waals surface area contributed by atoms with Crippen molar-refractivity contribution in [3.05, 3.63) is 23.8 Å². The number of halogens is 2. The fraction of sp³-hybridized carbons (Fsp3) is 0.500. The molecule has 0 spiro atoms. The number of methoxy groups -OCH3 is 1. The van der Waals surface area contributed by atoms with Crippen LogP contribution in [0.1, 0.15) is 38.1 Å². The van der Waals surface area contributed by atoms with Crippen LogP contribution in [-0.4, -0.2) is 37.2 Å². The number of hydrogen-bond acceptors (Lipinski definition) is 5. The zero-order valence-electron chi connectivity index (χ0n) is 14.2. The van der Waals surface area contributed by atoms with Crippen LogP contribution in [0.2, 0.25) is 0 Å². The molecule has 6 nitrogen and oxygen atoms in total. The normalized spacial score (nSPS) is 12.5. The van der Waals surface area contributed by atoms with Gasteiger partial charge in [-0.05, 0) is 45.9 Å². The van der Waals surface area contributed by atoms with Gasteiger partial charge in [-0.15, -0.1) is 0 Å². The first-order valence-corrected chi connectivity index (χ1v) is 7.19. The van der Waals surface area contributed by atoms with Gasteiger partial charge in [0.1, 0.15) is 0 Å². The Morgan fingerprint density at radius 1 is 1.17 bits per heavy atom. The van der Waals surface area contributed by atoms with E-state index in [1.165, 1.54) is 32.2 Å². The number of nitrogens with one attached hydrogen (secondary N) is 1. The maximum Gasteiger partial charge on any atom is 0.387 e. The molecule has 0 bridgehead atoms. The van der Waals surface area contributed by atoms with Crippen molar-refractivity contribution in [2.75, 3.05) is 7.11 Å². The van der Waals surface area contributed by atoms with E-state index < -0.39 is 30.1 Å². The van der Waals surface area contributed by atoms with Gasteiger partial charge < -0.3 is 19.5 Å². The molecule has 0 unspecified atom stereocenters. The van der Waals surface area contributed by atoms with Crippen LogP contribution >= 0.6 is 0 Å². The molecule has 1 atom stereocenters. The van der Waals surface area contributed by atoms with Crippen molar-refractivity contribution in [1.82, 2.24) is 5.32 Å². The highest BCUT2D eigenvalue weighted by atomic mass is 19.3. The highest BCUT2D eigenvalue weighted by Crippen LogP contribution is 2.29. The number of amides is 1. The quantitative estimate of drug-likeness (QED) is 0.803. The number of esters is 1. The van der Waals surface area contributed by atoms with Gasteiger partial charge in [0.2, 0.25) is 0 Å². The van der Waals surface area contributed by atoms with E-state index >= 15 is 0 Å². The van der Waals surface area contributed by atoms with Crippen LogP contribution in [0.3, 0.4) is 0 Å². The van der Waals surface area contributed by atoms with Gasteiger partial charge >= 0.3 is 12.6 Å². The zero-order valence-corrected chi connectivity index (χ0v) is 14.2. The molecule has 1 aromatic rings. The van der Waals surface area contributed by atoms with Crippen LogP contribution in [0.5, 0.6) is 11.5 Å². The monoisotopic (exact) mass is 345 g/mol. The van der Waals surface area contributed by atoms with Crippen LogP contribution in [-0.2, 0) is 9.53 Å². The van der Waals surface area contributed by atoms with Crippen molar-refractivity contribution >= 4 is 11.9 Å². The Morgan fingerprint density at radius 2 is 1.79 bits per heavy atom. The first-order valence-electron chi connectivity index (χ1n) is 7.19. The van der Waals surface area contributed by atoms with E-state index in [4.69, 9.17) is 9.47 Å². The molecular weight excluding hydrogens is 324 g/mol. The summed E-state index contributed by atoms with van der Waals surface area (Å²) in [6, 6.07) is 3.62. The van der Waals surface area contributed by atoms with Crippen molar-refractivity contribution < 1.29 is 32.6 Å². The Bertz CT molecular complexity index is 599. The summed E-state index contributed by atoms with van der Waals surface area (Å²) in [6.07, 6.45) is -1.01. The van der Waals surface area contributed by atoms with Crippen LogP contribution in [0.25, 0.3) is 0 Å². The van der Waals surface area contributed by atoms with Gasteiger partial charge in [0.05, 0.1) is 12.7 Å². The lowest BCUT2D eigenvalue weighted by Gasteiger charge is -2.23. The summed E-state index contributed by atoms with van der Waals surface area (Å²) in [4.78, 5) is 24.0. The van der Waals surface area contributed by atoms with Gasteiger partial charge in [0, 0.05) is 5.54 Å². The molecule has 0 radical (unpaired) electrons. The summed E-state index contributed by atoms with van der Waals surface area (Å²) in [6.45, 7) is 3.81. The molecule has 134 valence electrons. The average molecular weight is 345 g/mol.